The highest BCUT2D eigenvalue weighted by atomic mass is 15.3. The Bertz CT molecular complexity index is 459. The Kier molecular flexibility index (Phi) is 3.46. The van der Waals surface area contributed by atoms with E-state index in [4.69, 9.17) is 5.73 Å². The largest absolute Gasteiger partial charge is 0.355 e. The van der Waals surface area contributed by atoms with Crippen LogP contribution in [0.2, 0.25) is 0 Å². The minimum atomic E-state index is 0.571. The third-order valence-electron chi connectivity index (χ3n) is 4.79. The van der Waals surface area contributed by atoms with Crippen LogP contribution in [0, 0.1) is 6.92 Å². The minimum Gasteiger partial charge on any atom is -0.355 e. The Morgan fingerprint density at radius 3 is 2.84 bits per heavy atom. The molecule has 4 nitrogen and oxygen atoms in total. The van der Waals surface area contributed by atoms with Crippen LogP contribution in [0.15, 0.2) is 12.3 Å². The van der Waals surface area contributed by atoms with Gasteiger partial charge in [-0.25, -0.2) is 4.98 Å². The molecule has 2 unspecified atom stereocenters. The normalized spacial score (nSPS) is 27.6. The van der Waals surface area contributed by atoms with Crippen LogP contribution in [0.4, 0.5) is 5.82 Å². The molecule has 4 heteroatoms. The lowest BCUT2D eigenvalue weighted by atomic mass is 10.1. The van der Waals surface area contributed by atoms with Gasteiger partial charge in [-0.15, -0.1) is 0 Å². The lowest BCUT2D eigenvalue weighted by Gasteiger charge is -2.28. The molecule has 0 aliphatic carbocycles. The number of anilines is 1. The first-order valence-corrected chi connectivity index (χ1v) is 7.31. The smallest absolute Gasteiger partial charge is 0.131 e. The number of hydrogen-bond acceptors (Lipinski definition) is 4. The molecule has 0 spiro atoms. The molecule has 2 saturated heterocycles. The van der Waals surface area contributed by atoms with E-state index in [1.807, 2.05) is 6.20 Å². The number of pyridine rings is 1. The molecular weight excluding hydrogens is 236 g/mol. The third-order valence-corrected chi connectivity index (χ3v) is 4.79. The Morgan fingerprint density at radius 2 is 2.11 bits per heavy atom. The van der Waals surface area contributed by atoms with E-state index in [1.54, 1.807) is 0 Å². The summed E-state index contributed by atoms with van der Waals surface area (Å²) in [5, 5.41) is 0. The fourth-order valence-corrected chi connectivity index (χ4v) is 3.57. The predicted octanol–water partition coefficient (Wildman–Crippen LogP) is 1.52. The summed E-state index contributed by atoms with van der Waals surface area (Å²) in [5.74, 6) is 1.15. The second-order valence-corrected chi connectivity index (χ2v) is 5.97. The van der Waals surface area contributed by atoms with Crippen molar-refractivity contribution in [1.82, 2.24) is 9.88 Å². The summed E-state index contributed by atoms with van der Waals surface area (Å²) in [6.45, 7) is 4.96. The van der Waals surface area contributed by atoms with Crippen LogP contribution < -0.4 is 10.6 Å². The molecule has 3 rings (SSSR count). The SMILES string of the molecule is Cc1cc(CN)cnc1N1CCC2CCC(C1)N2C. The number of aromatic nitrogens is 1. The fourth-order valence-electron chi connectivity index (χ4n) is 3.57. The van der Waals surface area contributed by atoms with E-state index in [2.05, 4.69) is 34.8 Å². The molecule has 0 saturated carbocycles. The highest BCUT2D eigenvalue weighted by molar-refractivity contribution is 5.48. The van der Waals surface area contributed by atoms with Crippen molar-refractivity contribution in [3.05, 3.63) is 23.4 Å². The molecule has 2 atom stereocenters. The molecule has 0 radical (unpaired) electrons. The molecule has 3 heterocycles. The van der Waals surface area contributed by atoms with Gasteiger partial charge in [0.05, 0.1) is 0 Å². The van der Waals surface area contributed by atoms with Gasteiger partial charge >= 0.3 is 0 Å². The number of likely N-dealkylation sites (N-methyl/N-ethyl adjacent to an activating group) is 1. The minimum absolute atomic E-state index is 0.571. The van der Waals surface area contributed by atoms with Crippen LogP contribution >= 0.6 is 0 Å². The monoisotopic (exact) mass is 260 g/mol. The van der Waals surface area contributed by atoms with Crippen LogP contribution in [0.25, 0.3) is 0 Å². The first-order valence-electron chi connectivity index (χ1n) is 7.31. The third kappa shape index (κ3) is 2.35. The summed E-state index contributed by atoms with van der Waals surface area (Å²) in [6.07, 6.45) is 5.88. The highest BCUT2D eigenvalue weighted by Crippen LogP contribution is 2.31. The zero-order chi connectivity index (χ0) is 13.4. The topological polar surface area (TPSA) is 45.4 Å². The number of aryl methyl sites for hydroxylation is 1. The van der Waals surface area contributed by atoms with Crippen LogP contribution in [0.5, 0.6) is 0 Å². The molecule has 2 fully saturated rings. The van der Waals surface area contributed by atoms with Crippen molar-refractivity contribution >= 4 is 5.82 Å². The summed E-state index contributed by atoms with van der Waals surface area (Å²) in [4.78, 5) is 9.69. The molecule has 2 aliphatic rings. The quantitative estimate of drug-likeness (QED) is 0.876. The van der Waals surface area contributed by atoms with Crippen molar-refractivity contribution in [2.24, 2.45) is 5.73 Å². The Labute approximate surface area is 115 Å². The van der Waals surface area contributed by atoms with Gasteiger partial charge in [0.2, 0.25) is 0 Å². The summed E-state index contributed by atoms with van der Waals surface area (Å²) in [6, 6.07) is 3.65. The molecule has 0 aromatic carbocycles. The van der Waals surface area contributed by atoms with Crippen LogP contribution in [0.1, 0.15) is 30.4 Å². The lowest BCUT2D eigenvalue weighted by Crippen LogP contribution is -2.37. The summed E-state index contributed by atoms with van der Waals surface area (Å²) >= 11 is 0. The number of nitrogens with two attached hydrogens (primary N) is 1. The molecule has 1 aromatic rings. The predicted molar refractivity (Wildman–Crippen MR) is 78.3 cm³/mol. The van der Waals surface area contributed by atoms with E-state index >= 15 is 0 Å². The van der Waals surface area contributed by atoms with Crippen LogP contribution in [0.3, 0.4) is 0 Å². The van der Waals surface area contributed by atoms with Gasteiger partial charge in [0, 0.05) is 37.9 Å². The Hall–Kier alpha value is -1.13. The second-order valence-electron chi connectivity index (χ2n) is 5.97. The fraction of sp³-hybridized carbons (Fsp3) is 0.667. The van der Waals surface area contributed by atoms with Crippen molar-refractivity contribution in [2.45, 2.75) is 44.8 Å². The number of fused-ring (bicyclic) bond motifs is 2. The van der Waals surface area contributed by atoms with Gasteiger partial charge in [0.15, 0.2) is 0 Å². The number of rotatable bonds is 2. The van der Waals surface area contributed by atoms with Gasteiger partial charge in [-0.2, -0.15) is 0 Å². The summed E-state index contributed by atoms with van der Waals surface area (Å²) in [7, 11) is 2.28. The van der Waals surface area contributed by atoms with Gasteiger partial charge < -0.3 is 10.6 Å². The molecule has 104 valence electrons. The van der Waals surface area contributed by atoms with Crippen molar-refractivity contribution in [3.63, 3.8) is 0 Å². The van der Waals surface area contributed by atoms with Crippen LogP contribution in [-0.2, 0) is 6.54 Å². The van der Waals surface area contributed by atoms with E-state index in [0.717, 1.165) is 30.5 Å². The first kappa shape index (κ1) is 12.9. The van der Waals surface area contributed by atoms with Crippen molar-refractivity contribution in [3.8, 4) is 0 Å². The maximum absolute atomic E-state index is 5.68. The number of nitrogens with zero attached hydrogens (tertiary/aromatic N) is 3. The zero-order valence-electron chi connectivity index (χ0n) is 12.0. The van der Waals surface area contributed by atoms with E-state index < -0.39 is 0 Å². The van der Waals surface area contributed by atoms with Crippen molar-refractivity contribution in [2.75, 3.05) is 25.0 Å². The van der Waals surface area contributed by atoms with E-state index in [0.29, 0.717) is 12.6 Å². The molecule has 2 aliphatic heterocycles. The maximum atomic E-state index is 5.68. The summed E-state index contributed by atoms with van der Waals surface area (Å²) < 4.78 is 0. The maximum Gasteiger partial charge on any atom is 0.131 e. The molecule has 0 amide bonds. The average molecular weight is 260 g/mol. The Balaban J connectivity index is 1.82. The van der Waals surface area contributed by atoms with Gasteiger partial charge in [-0.05, 0) is 50.4 Å². The standard InChI is InChI=1S/C15H24N4/c1-11-7-12(8-16)9-17-15(11)19-6-5-13-3-4-14(10-19)18(13)2/h7,9,13-14H,3-6,8,10,16H2,1-2H3. The molecule has 2 N–H and O–H groups in total. The summed E-state index contributed by atoms with van der Waals surface area (Å²) in [5.41, 5.74) is 8.05. The first-order chi connectivity index (χ1) is 9.19. The average Bonchev–Trinajstić information content (AvgIpc) is 2.64. The van der Waals surface area contributed by atoms with E-state index in [1.165, 1.54) is 24.8 Å². The second kappa shape index (κ2) is 5.10. The van der Waals surface area contributed by atoms with Gasteiger partial charge in [-0.1, -0.05) is 0 Å². The van der Waals surface area contributed by atoms with Crippen molar-refractivity contribution < 1.29 is 0 Å². The highest BCUT2D eigenvalue weighted by Gasteiger charge is 2.35. The van der Waals surface area contributed by atoms with E-state index in [-0.39, 0.29) is 0 Å². The van der Waals surface area contributed by atoms with Gasteiger partial charge in [0.1, 0.15) is 5.82 Å². The van der Waals surface area contributed by atoms with Crippen LogP contribution in [-0.4, -0.2) is 42.1 Å². The molecule has 2 bridgehead atoms. The van der Waals surface area contributed by atoms with Gasteiger partial charge in [0.25, 0.3) is 0 Å². The number of hydrogen-bond donors (Lipinski definition) is 1. The van der Waals surface area contributed by atoms with Crippen molar-refractivity contribution in [1.29, 1.82) is 0 Å². The molecule has 1 aromatic heterocycles. The molecular formula is C15H24N4. The Morgan fingerprint density at radius 1 is 1.32 bits per heavy atom. The zero-order valence-corrected chi connectivity index (χ0v) is 12.0. The van der Waals surface area contributed by atoms with Gasteiger partial charge in [-0.3, -0.25) is 4.90 Å². The molecule has 19 heavy (non-hydrogen) atoms. The van der Waals surface area contributed by atoms with E-state index in [9.17, 15) is 0 Å². The lowest BCUT2D eigenvalue weighted by molar-refractivity contribution is 0.254.